The number of hydrogen-bond acceptors (Lipinski definition) is 5. The van der Waals surface area contributed by atoms with Crippen molar-refractivity contribution in [2.45, 2.75) is 58.2 Å². The molecule has 1 aromatic carbocycles. The fourth-order valence-corrected chi connectivity index (χ4v) is 3.46. The number of halogens is 1. The predicted octanol–water partition coefficient (Wildman–Crippen LogP) is 3.48. The largest absolute Gasteiger partial charge is 0.393 e. The van der Waals surface area contributed by atoms with E-state index in [1.54, 1.807) is 19.1 Å². The van der Waals surface area contributed by atoms with Gasteiger partial charge in [0.2, 0.25) is 11.7 Å². The minimum Gasteiger partial charge on any atom is -0.393 e. The molecular formula is C18H24FN3O2. The molecule has 130 valence electrons. The molecule has 0 aliphatic carbocycles. The van der Waals surface area contributed by atoms with Crippen molar-refractivity contribution in [3.8, 4) is 11.4 Å². The summed E-state index contributed by atoms with van der Waals surface area (Å²) in [5.41, 5.74) is 1.31. The van der Waals surface area contributed by atoms with Gasteiger partial charge in [0.1, 0.15) is 5.82 Å². The highest BCUT2D eigenvalue weighted by atomic mass is 19.1. The van der Waals surface area contributed by atoms with E-state index in [1.165, 1.54) is 6.07 Å². The van der Waals surface area contributed by atoms with Crippen molar-refractivity contribution in [2.24, 2.45) is 0 Å². The first-order valence-electron chi connectivity index (χ1n) is 8.49. The van der Waals surface area contributed by atoms with Crippen LogP contribution in [0.15, 0.2) is 22.7 Å². The number of aromatic nitrogens is 2. The number of hydrogen-bond donors (Lipinski definition) is 1. The van der Waals surface area contributed by atoms with Crippen molar-refractivity contribution in [3.63, 3.8) is 0 Å². The molecule has 1 aromatic heterocycles. The lowest BCUT2D eigenvalue weighted by Crippen LogP contribution is -2.34. The average molecular weight is 333 g/mol. The van der Waals surface area contributed by atoms with Crippen LogP contribution in [-0.4, -0.2) is 38.8 Å². The standard InChI is InChI=1S/C18H24FN3O2/c1-11-9-14(6-7-16(11)19)17-20-18(24-21-17)13(3)22-8-4-5-15(22)10-12(2)23/h6-7,9,12-13,15,23H,4-5,8,10H2,1-3H3. The van der Waals surface area contributed by atoms with Crippen LogP contribution in [0.3, 0.4) is 0 Å². The molecule has 0 radical (unpaired) electrons. The van der Waals surface area contributed by atoms with Crippen LogP contribution >= 0.6 is 0 Å². The highest BCUT2D eigenvalue weighted by molar-refractivity contribution is 5.55. The molecule has 0 spiro atoms. The van der Waals surface area contributed by atoms with Gasteiger partial charge in [-0.15, -0.1) is 0 Å². The highest BCUT2D eigenvalue weighted by Gasteiger charge is 2.32. The van der Waals surface area contributed by atoms with Crippen molar-refractivity contribution >= 4 is 0 Å². The molecule has 1 fully saturated rings. The Morgan fingerprint density at radius 3 is 2.92 bits per heavy atom. The van der Waals surface area contributed by atoms with Gasteiger partial charge < -0.3 is 9.63 Å². The van der Waals surface area contributed by atoms with E-state index in [0.29, 0.717) is 23.3 Å². The molecule has 0 bridgehead atoms. The first-order chi connectivity index (χ1) is 11.5. The van der Waals surface area contributed by atoms with E-state index in [4.69, 9.17) is 4.52 Å². The van der Waals surface area contributed by atoms with Gasteiger partial charge in [0.15, 0.2) is 0 Å². The van der Waals surface area contributed by atoms with E-state index >= 15 is 0 Å². The second-order valence-electron chi connectivity index (χ2n) is 6.71. The van der Waals surface area contributed by atoms with Crippen LogP contribution < -0.4 is 0 Å². The minimum atomic E-state index is -0.316. The van der Waals surface area contributed by atoms with Crippen LogP contribution in [0.5, 0.6) is 0 Å². The highest BCUT2D eigenvalue weighted by Crippen LogP contribution is 2.31. The smallest absolute Gasteiger partial charge is 0.244 e. The summed E-state index contributed by atoms with van der Waals surface area (Å²) in [4.78, 5) is 6.82. The van der Waals surface area contributed by atoms with Gasteiger partial charge in [-0.1, -0.05) is 5.16 Å². The van der Waals surface area contributed by atoms with E-state index in [0.717, 1.165) is 31.4 Å². The molecule has 2 heterocycles. The summed E-state index contributed by atoms with van der Waals surface area (Å²) in [6.07, 6.45) is 2.62. The molecule has 1 aliphatic heterocycles. The Bertz CT molecular complexity index is 701. The normalized spacial score (nSPS) is 21.1. The third-order valence-electron chi connectivity index (χ3n) is 4.75. The van der Waals surface area contributed by atoms with E-state index < -0.39 is 0 Å². The number of aliphatic hydroxyl groups is 1. The second-order valence-corrected chi connectivity index (χ2v) is 6.71. The van der Waals surface area contributed by atoms with Crippen molar-refractivity contribution in [3.05, 3.63) is 35.5 Å². The van der Waals surface area contributed by atoms with Gasteiger partial charge in [-0.2, -0.15) is 4.98 Å². The SMILES string of the molecule is Cc1cc(-c2noc(C(C)N3CCCC3CC(C)O)n2)ccc1F. The number of nitrogens with zero attached hydrogens (tertiary/aromatic N) is 3. The van der Waals surface area contributed by atoms with Gasteiger partial charge in [-0.25, -0.2) is 4.39 Å². The van der Waals surface area contributed by atoms with Crippen LogP contribution in [0, 0.1) is 12.7 Å². The number of benzene rings is 1. The van der Waals surface area contributed by atoms with E-state index in [2.05, 4.69) is 15.0 Å². The lowest BCUT2D eigenvalue weighted by molar-refractivity contribution is 0.102. The molecule has 1 aliphatic rings. The van der Waals surface area contributed by atoms with Crippen LogP contribution in [0.25, 0.3) is 11.4 Å². The third-order valence-corrected chi connectivity index (χ3v) is 4.75. The minimum absolute atomic E-state index is 0.000884. The molecule has 3 rings (SSSR count). The second kappa shape index (κ2) is 6.99. The maximum atomic E-state index is 13.4. The van der Waals surface area contributed by atoms with E-state index in [9.17, 15) is 9.50 Å². The number of rotatable bonds is 5. The molecule has 1 saturated heterocycles. The molecule has 0 amide bonds. The average Bonchev–Trinajstić information content (AvgIpc) is 3.18. The molecule has 3 unspecified atom stereocenters. The molecule has 0 saturated carbocycles. The molecule has 24 heavy (non-hydrogen) atoms. The van der Waals surface area contributed by atoms with Crippen LogP contribution in [-0.2, 0) is 0 Å². The predicted molar refractivity (Wildman–Crippen MR) is 88.9 cm³/mol. The lowest BCUT2D eigenvalue weighted by atomic mass is 10.1. The van der Waals surface area contributed by atoms with Crippen molar-refractivity contribution in [2.75, 3.05) is 6.54 Å². The maximum absolute atomic E-state index is 13.4. The summed E-state index contributed by atoms with van der Waals surface area (Å²) < 4.78 is 18.9. The Morgan fingerprint density at radius 2 is 2.21 bits per heavy atom. The molecule has 1 N–H and O–H groups in total. The van der Waals surface area contributed by atoms with Crippen molar-refractivity contribution in [1.29, 1.82) is 0 Å². The Morgan fingerprint density at radius 1 is 1.42 bits per heavy atom. The Labute approximate surface area is 141 Å². The van der Waals surface area contributed by atoms with E-state index in [1.807, 2.05) is 13.8 Å². The zero-order valence-electron chi connectivity index (χ0n) is 14.4. The Kier molecular flexibility index (Phi) is 4.96. The summed E-state index contributed by atoms with van der Waals surface area (Å²) in [5, 5.41) is 13.7. The maximum Gasteiger partial charge on any atom is 0.244 e. The molecule has 2 aromatic rings. The van der Waals surface area contributed by atoms with Gasteiger partial charge in [0.25, 0.3) is 0 Å². The van der Waals surface area contributed by atoms with Gasteiger partial charge in [0.05, 0.1) is 12.1 Å². The molecular weight excluding hydrogens is 309 g/mol. The zero-order valence-corrected chi connectivity index (χ0v) is 14.4. The summed E-state index contributed by atoms with van der Waals surface area (Å²) in [6.45, 7) is 6.55. The molecule has 3 atom stereocenters. The monoisotopic (exact) mass is 333 g/mol. The summed E-state index contributed by atoms with van der Waals surface area (Å²) in [6, 6.07) is 5.14. The third kappa shape index (κ3) is 3.49. The number of aliphatic hydroxyl groups excluding tert-OH is 1. The first kappa shape index (κ1) is 17.0. The zero-order chi connectivity index (χ0) is 17.3. The van der Waals surface area contributed by atoms with Crippen LogP contribution in [0.2, 0.25) is 0 Å². The number of likely N-dealkylation sites (tertiary alicyclic amines) is 1. The molecule has 5 nitrogen and oxygen atoms in total. The molecule has 6 heteroatoms. The fraction of sp³-hybridized carbons (Fsp3) is 0.556. The van der Waals surface area contributed by atoms with Crippen LogP contribution in [0.4, 0.5) is 4.39 Å². The van der Waals surface area contributed by atoms with E-state index in [-0.39, 0.29) is 18.0 Å². The summed E-state index contributed by atoms with van der Waals surface area (Å²) in [5.74, 6) is 0.796. The quantitative estimate of drug-likeness (QED) is 0.907. The topological polar surface area (TPSA) is 62.4 Å². The van der Waals surface area contributed by atoms with Gasteiger partial charge >= 0.3 is 0 Å². The number of aryl methyl sites for hydroxylation is 1. The van der Waals surface area contributed by atoms with Crippen molar-refractivity contribution < 1.29 is 14.0 Å². The first-order valence-corrected chi connectivity index (χ1v) is 8.49. The van der Waals surface area contributed by atoms with Gasteiger partial charge in [-0.05, 0) is 70.3 Å². The summed E-state index contributed by atoms with van der Waals surface area (Å²) >= 11 is 0. The van der Waals surface area contributed by atoms with Gasteiger partial charge in [-0.3, -0.25) is 4.90 Å². The summed E-state index contributed by atoms with van der Waals surface area (Å²) in [7, 11) is 0. The lowest BCUT2D eigenvalue weighted by Gasteiger charge is -2.29. The van der Waals surface area contributed by atoms with Crippen molar-refractivity contribution in [1.82, 2.24) is 15.0 Å². The Hall–Kier alpha value is -1.79. The van der Waals surface area contributed by atoms with Gasteiger partial charge in [0, 0.05) is 11.6 Å². The Balaban J connectivity index is 1.78. The van der Waals surface area contributed by atoms with Crippen LogP contribution in [0.1, 0.15) is 50.6 Å². The fourth-order valence-electron chi connectivity index (χ4n) is 3.46.